The Morgan fingerprint density at radius 3 is 2.32 bits per heavy atom. The quantitative estimate of drug-likeness (QED) is 0.434. The predicted octanol–water partition coefficient (Wildman–Crippen LogP) is 1.99. The van der Waals surface area contributed by atoms with Crippen LogP contribution in [0.4, 0.5) is 5.69 Å². The van der Waals surface area contributed by atoms with Gasteiger partial charge in [-0.1, -0.05) is 13.3 Å². The Hall–Kier alpha value is -1.76. The van der Waals surface area contributed by atoms with Crippen molar-refractivity contribution in [1.29, 1.82) is 0 Å². The zero-order valence-corrected chi connectivity index (χ0v) is 11.4. The van der Waals surface area contributed by atoms with Gasteiger partial charge in [0.25, 0.3) is 5.69 Å². The normalized spacial score (nSPS) is 11.2. The summed E-state index contributed by atoms with van der Waals surface area (Å²) >= 11 is 0. The molecule has 7 heteroatoms. The van der Waals surface area contributed by atoms with E-state index in [1.807, 2.05) is 6.92 Å². The standard InChI is InChI=1S/C12H15NO5S/c1-2-3-8-19(17,18)9-12(14)10-4-6-11(7-5-10)13(15)16/h4-7H,2-3,8-9H2,1H3. The van der Waals surface area contributed by atoms with Crippen LogP contribution in [0.2, 0.25) is 0 Å². The monoisotopic (exact) mass is 285 g/mol. The van der Waals surface area contributed by atoms with Crippen molar-refractivity contribution in [2.75, 3.05) is 11.5 Å². The second-order valence-corrected chi connectivity index (χ2v) is 6.36. The number of hydrogen-bond donors (Lipinski definition) is 0. The number of ketones is 1. The molecule has 6 nitrogen and oxygen atoms in total. The number of nitrogens with zero attached hydrogens (tertiary/aromatic N) is 1. The maximum Gasteiger partial charge on any atom is 0.269 e. The summed E-state index contributed by atoms with van der Waals surface area (Å²) in [6, 6.07) is 4.92. The highest BCUT2D eigenvalue weighted by Crippen LogP contribution is 2.13. The molecule has 0 aromatic heterocycles. The summed E-state index contributed by atoms with van der Waals surface area (Å²) in [5.41, 5.74) is 0.0380. The Morgan fingerprint density at radius 2 is 1.84 bits per heavy atom. The molecule has 0 N–H and O–H groups in total. The smallest absolute Gasteiger partial charge is 0.269 e. The third-order valence-electron chi connectivity index (χ3n) is 2.56. The molecule has 19 heavy (non-hydrogen) atoms. The maximum atomic E-state index is 11.8. The summed E-state index contributed by atoms with van der Waals surface area (Å²) in [6.45, 7) is 1.87. The fraction of sp³-hybridized carbons (Fsp3) is 0.417. The Bertz CT molecular complexity index is 562. The fourth-order valence-corrected chi connectivity index (χ4v) is 2.93. The van der Waals surface area contributed by atoms with Crippen LogP contribution in [0.15, 0.2) is 24.3 Å². The molecule has 0 amide bonds. The molecule has 0 atom stereocenters. The van der Waals surface area contributed by atoms with Gasteiger partial charge in [-0.2, -0.15) is 0 Å². The lowest BCUT2D eigenvalue weighted by Gasteiger charge is -2.03. The second kappa shape index (κ2) is 6.42. The first-order chi connectivity index (χ1) is 8.85. The number of unbranched alkanes of at least 4 members (excludes halogenated alkanes) is 1. The van der Waals surface area contributed by atoms with Gasteiger partial charge in [-0.15, -0.1) is 0 Å². The molecule has 0 aliphatic heterocycles. The zero-order valence-electron chi connectivity index (χ0n) is 10.5. The van der Waals surface area contributed by atoms with Crippen molar-refractivity contribution < 1.29 is 18.1 Å². The molecule has 1 aromatic rings. The highest BCUT2D eigenvalue weighted by Gasteiger charge is 2.18. The first-order valence-corrected chi connectivity index (χ1v) is 7.66. The molecule has 0 saturated heterocycles. The van der Waals surface area contributed by atoms with Crippen LogP contribution >= 0.6 is 0 Å². The van der Waals surface area contributed by atoms with Gasteiger partial charge in [0.05, 0.1) is 10.7 Å². The fourth-order valence-electron chi connectivity index (χ4n) is 1.49. The minimum absolute atomic E-state index is 0.0117. The number of nitro benzene ring substituents is 1. The summed E-state index contributed by atoms with van der Waals surface area (Å²) in [5, 5.41) is 10.5. The van der Waals surface area contributed by atoms with E-state index in [0.717, 1.165) is 6.42 Å². The molecule has 1 rings (SSSR count). The molecule has 0 fully saturated rings. The summed E-state index contributed by atoms with van der Waals surface area (Å²) in [4.78, 5) is 21.6. The number of Topliss-reactive ketones (excluding diaryl/α,β-unsaturated/α-hetero) is 1. The summed E-state index contributed by atoms with van der Waals surface area (Å²) in [6.07, 6.45) is 1.26. The Balaban J connectivity index is 2.76. The molecular formula is C12H15NO5S. The maximum absolute atomic E-state index is 11.8. The minimum Gasteiger partial charge on any atom is -0.293 e. The predicted molar refractivity (Wildman–Crippen MR) is 71.0 cm³/mol. The van der Waals surface area contributed by atoms with E-state index in [-0.39, 0.29) is 17.0 Å². The molecule has 1 aromatic carbocycles. The summed E-state index contributed by atoms with van der Waals surface area (Å²) in [7, 11) is -3.40. The largest absolute Gasteiger partial charge is 0.293 e. The van der Waals surface area contributed by atoms with Crippen LogP contribution in [0.1, 0.15) is 30.1 Å². The highest BCUT2D eigenvalue weighted by molar-refractivity contribution is 7.92. The van der Waals surface area contributed by atoms with Crippen LogP contribution in [0, 0.1) is 10.1 Å². The van der Waals surface area contributed by atoms with Crippen molar-refractivity contribution in [3.05, 3.63) is 39.9 Å². The van der Waals surface area contributed by atoms with Gasteiger partial charge in [-0.05, 0) is 18.6 Å². The van der Waals surface area contributed by atoms with Crippen LogP contribution in [0.25, 0.3) is 0 Å². The van der Waals surface area contributed by atoms with E-state index in [0.29, 0.717) is 6.42 Å². The van der Waals surface area contributed by atoms with Crippen molar-refractivity contribution in [3.8, 4) is 0 Å². The van der Waals surface area contributed by atoms with Crippen molar-refractivity contribution in [3.63, 3.8) is 0 Å². The van der Waals surface area contributed by atoms with E-state index in [4.69, 9.17) is 0 Å². The molecule has 0 radical (unpaired) electrons. The second-order valence-electron chi connectivity index (χ2n) is 4.17. The number of sulfone groups is 1. The lowest BCUT2D eigenvalue weighted by molar-refractivity contribution is -0.384. The highest BCUT2D eigenvalue weighted by atomic mass is 32.2. The lowest BCUT2D eigenvalue weighted by Crippen LogP contribution is -2.19. The average molecular weight is 285 g/mol. The van der Waals surface area contributed by atoms with E-state index in [1.165, 1.54) is 24.3 Å². The van der Waals surface area contributed by atoms with Crippen molar-refractivity contribution in [1.82, 2.24) is 0 Å². The molecule has 0 unspecified atom stereocenters. The van der Waals surface area contributed by atoms with Crippen molar-refractivity contribution >= 4 is 21.3 Å². The van der Waals surface area contributed by atoms with Gasteiger partial charge in [-0.3, -0.25) is 14.9 Å². The molecule has 0 spiro atoms. The number of carbonyl (C=O) groups excluding carboxylic acids is 1. The van der Waals surface area contributed by atoms with E-state index in [1.54, 1.807) is 0 Å². The minimum atomic E-state index is -3.40. The Kier molecular flexibility index (Phi) is 5.17. The number of non-ortho nitro benzene ring substituents is 1. The average Bonchev–Trinajstić information content (AvgIpc) is 2.36. The van der Waals surface area contributed by atoms with Gasteiger partial charge in [0.1, 0.15) is 5.75 Å². The lowest BCUT2D eigenvalue weighted by atomic mass is 10.1. The van der Waals surface area contributed by atoms with E-state index < -0.39 is 26.3 Å². The van der Waals surface area contributed by atoms with E-state index >= 15 is 0 Å². The first-order valence-electron chi connectivity index (χ1n) is 5.84. The van der Waals surface area contributed by atoms with Gasteiger partial charge in [0.2, 0.25) is 0 Å². The molecule has 0 heterocycles. The van der Waals surface area contributed by atoms with E-state index in [2.05, 4.69) is 0 Å². The Labute approximate surface area is 111 Å². The SMILES string of the molecule is CCCCS(=O)(=O)CC(=O)c1ccc([N+](=O)[O-])cc1. The first kappa shape index (κ1) is 15.3. The molecule has 0 bridgehead atoms. The van der Waals surface area contributed by atoms with Crippen LogP contribution in [0.3, 0.4) is 0 Å². The van der Waals surface area contributed by atoms with Gasteiger partial charge < -0.3 is 0 Å². The van der Waals surface area contributed by atoms with Gasteiger partial charge in [0.15, 0.2) is 15.6 Å². The van der Waals surface area contributed by atoms with Crippen LogP contribution < -0.4 is 0 Å². The summed E-state index contributed by atoms with van der Waals surface area (Å²) in [5.74, 6) is -1.10. The van der Waals surface area contributed by atoms with E-state index in [9.17, 15) is 23.3 Å². The molecule has 0 aliphatic carbocycles. The third-order valence-corrected chi connectivity index (χ3v) is 4.17. The van der Waals surface area contributed by atoms with Gasteiger partial charge in [-0.25, -0.2) is 8.42 Å². The van der Waals surface area contributed by atoms with Crippen molar-refractivity contribution in [2.24, 2.45) is 0 Å². The molecular weight excluding hydrogens is 270 g/mol. The molecule has 0 saturated carbocycles. The number of benzene rings is 1. The molecule has 104 valence electrons. The number of nitro groups is 1. The Morgan fingerprint density at radius 1 is 1.26 bits per heavy atom. The van der Waals surface area contributed by atoms with Crippen LogP contribution in [-0.4, -0.2) is 30.6 Å². The van der Waals surface area contributed by atoms with Crippen molar-refractivity contribution in [2.45, 2.75) is 19.8 Å². The van der Waals surface area contributed by atoms with Crippen LogP contribution in [0.5, 0.6) is 0 Å². The molecule has 0 aliphatic rings. The topological polar surface area (TPSA) is 94.3 Å². The van der Waals surface area contributed by atoms with Gasteiger partial charge >= 0.3 is 0 Å². The number of hydrogen-bond acceptors (Lipinski definition) is 5. The third kappa shape index (κ3) is 4.78. The number of rotatable bonds is 7. The van der Waals surface area contributed by atoms with Gasteiger partial charge in [0, 0.05) is 17.7 Å². The summed E-state index contributed by atoms with van der Waals surface area (Å²) < 4.78 is 23.2. The zero-order chi connectivity index (χ0) is 14.5. The van der Waals surface area contributed by atoms with Crippen LogP contribution in [-0.2, 0) is 9.84 Å². The number of carbonyl (C=O) groups is 1.